The van der Waals surface area contributed by atoms with Gasteiger partial charge in [-0.1, -0.05) is 0 Å². The zero-order valence-corrected chi connectivity index (χ0v) is 10.5. The molecule has 4 N–H and O–H groups in total. The lowest BCUT2D eigenvalue weighted by molar-refractivity contribution is 0.767. The number of hydrogen-bond donors (Lipinski definition) is 3. The summed E-state index contributed by atoms with van der Waals surface area (Å²) in [7, 11) is 1.91. The number of rotatable bonds is 5. The second-order valence-electron chi connectivity index (χ2n) is 4.03. The molecule has 0 unspecified atom stereocenters. The van der Waals surface area contributed by atoms with E-state index in [9.17, 15) is 0 Å². The van der Waals surface area contributed by atoms with Gasteiger partial charge < -0.3 is 10.7 Å². The van der Waals surface area contributed by atoms with Gasteiger partial charge in [0.05, 0.1) is 6.20 Å². The normalized spacial score (nSPS) is 10.4. The number of hydrogen-bond acceptors (Lipinski definition) is 6. The fraction of sp³-hybridized carbons (Fsp3) is 0.364. The van der Waals surface area contributed by atoms with Crippen molar-refractivity contribution < 1.29 is 0 Å². The van der Waals surface area contributed by atoms with Gasteiger partial charge in [0.25, 0.3) is 0 Å². The minimum absolute atomic E-state index is 0.603. The molecule has 2 rings (SSSR count). The maximum absolute atomic E-state index is 5.33. The SMILES string of the molecule is Cc1nc(NN)cc(NCCc2cnn(C)c2)n1. The first-order chi connectivity index (χ1) is 8.67. The number of nitrogens with zero attached hydrogens (tertiary/aromatic N) is 4. The molecule has 7 heteroatoms. The number of nitrogens with one attached hydrogen (secondary N) is 2. The van der Waals surface area contributed by atoms with Crippen LogP contribution >= 0.6 is 0 Å². The molecule has 0 radical (unpaired) electrons. The number of hydrazine groups is 1. The topological polar surface area (TPSA) is 93.7 Å². The molecule has 7 nitrogen and oxygen atoms in total. The highest BCUT2D eigenvalue weighted by Crippen LogP contribution is 2.09. The third-order valence-electron chi connectivity index (χ3n) is 2.46. The molecule has 0 spiro atoms. The Bertz CT molecular complexity index is 520. The maximum Gasteiger partial charge on any atom is 0.145 e. The molecule has 0 saturated heterocycles. The average molecular weight is 247 g/mol. The largest absolute Gasteiger partial charge is 0.370 e. The molecule has 0 aliphatic carbocycles. The van der Waals surface area contributed by atoms with Crippen LogP contribution in [0.3, 0.4) is 0 Å². The van der Waals surface area contributed by atoms with Crippen LogP contribution in [0.15, 0.2) is 18.5 Å². The molecular weight excluding hydrogens is 230 g/mol. The molecule has 96 valence electrons. The predicted octanol–water partition coefficient (Wildman–Crippen LogP) is 0.459. The highest BCUT2D eigenvalue weighted by molar-refractivity contribution is 5.46. The van der Waals surface area contributed by atoms with E-state index in [0.717, 1.165) is 18.8 Å². The third kappa shape index (κ3) is 3.17. The Labute approximate surface area is 105 Å². The molecule has 2 heterocycles. The average Bonchev–Trinajstić information content (AvgIpc) is 2.74. The Morgan fingerprint density at radius 3 is 2.78 bits per heavy atom. The number of anilines is 2. The van der Waals surface area contributed by atoms with Crippen molar-refractivity contribution in [3.8, 4) is 0 Å². The van der Waals surface area contributed by atoms with Gasteiger partial charge in [0.15, 0.2) is 0 Å². The first kappa shape index (κ1) is 12.3. The molecule has 0 aliphatic rings. The quantitative estimate of drug-likeness (QED) is 0.525. The smallest absolute Gasteiger partial charge is 0.145 e. The Hall–Kier alpha value is -2.15. The van der Waals surface area contributed by atoms with Crippen molar-refractivity contribution in [2.45, 2.75) is 13.3 Å². The van der Waals surface area contributed by atoms with Gasteiger partial charge in [-0.15, -0.1) is 0 Å². The van der Waals surface area contributed by atoms with Crippen LogP contribution in [0, 0.1) is 6.92 Å². The van der Waals surface area contributed by atoms with Crippen molar-refractivity contribution in [2.24, 2.45) is 12.9 Å². The van der Waals surface area contributed by atoms with Crippen molar-refractivity contribution in [1.82, 2.24) is 19.7 Å². The molecule has 0 saturated carbocycles. The Balaban J connectivity index is 1.91. The second kappa shape index (κ2) is 5.46. The summed E-state index contributed by atoms with van der Waals surface area (Å²) in [5, 5.41) is 7.35. The summed E-state index contributed by atoms with van der Waals surface area (Å²) < 4.78 is 1.79. The monoisotopic (exact) mass is 247 g/mol. The van der Waals surface area contributed by atoms with E-state index < -0.39 is 0 Å². The van der Waals surface area contributed by atoms with Crippen LogP contribution in [0.5, 0.6) is 0 Å². The van der Waals surface area contributed by atoms with Gasteiger partial charge in [-0.25, -0.2) is 15.8 Å². The molecule has 0 amide bonds. The van der Waals surface area contributed by atoms with E-state index in [-0.39, 0.29) is 0 Å². The van der Waals surface area contributed by atoms with Crippen LogP contribution in [0.1, 0.15) is 11.4 Å². The van der Waals surface area contributed by atoms with Gasteiger partial charge >= 0.3 is 0 Å². The fourth-order valence-electron chi connectivity index (χ4n) is 1.67. The van der Waals surface area contributed by atoms with Gasteiger partial charge in [0.1, 0.15) is 17.5 Å². The minimum atomic E-state index is 0.603. The molecule has 0 bridgehead atoms. The van der Waals surface area contributed by atoms with Gasteiger partial charge in [-0.05, 0) is 18.9 Å². The van der Waals surface area contributed by atoms with Crippen molar-refractivity contribution in [3.05, 3.63) is 29.8 Å². The molecule has 18 heavy (non-hydrogen) atoms. The van der Waals surface area contributed by atoms with Gasteiger partial charge in [-0.2, -0.15) is 5.10 Å². The van der Waals surface area contributed by atoms with E-state index in [0.29, 0.717) is 11.6 Å². The predicted molar refractivity (Wildman–Crippen MR) is 70.0 cm³/mol. The van der Waals surface area contributed by atoms with Gasteiger partial charge in [0.2, 0.25) is 0 Å². The Kier molecular flexibility index (Phi) is 3.73. The van der Waals surface area contributed by atoms with E-state index in [4.69, 9.17) is 5.84 Å². The van der Waals surface area contributed by atoms with Gasteiger partial charge in [0, 0.05) is 25.9 Å². The van der Waals surface area contributed by atoms with Crippen LogP contribution in [-0.4, -0.2) is 26.3 Å². The molecule has 0 aliphatic heterocycles. The highest BCUT2D eigenvalue weighted by Gasteiger charge is 2.01. The minimum Gasteiger partial charge on any atom is -0.370 e. The lowest BCUT2D eigenvalue weighted by Gasteiger charge is -2.07. The van der Waals surface area contributed by atoms with Crippen molar-refractivity contribution in [2.75, 3.05) is 17.3 Å². The van der Waals surface area contributed by atoms with Crippen LogP contribution in [0.4, 0.5) is 11.6 Å². The van der Waals surface area contributed by atoms with Gasteiger partial charge in [-0.3, -0.25) is 4.68 Å². The van der Waals surface area contributed by atoms with Crippen LogP contribution < -0.4 is 16.6 Å². The summed E-state index contributed by atoms with van der Waals surface area (Å²) in [6.45, 7) is 2.61. The molecule has 0 fully saturated rings. The summed E-state index contributed by atoms with van der Waals surface area (Å²) in [6.07, 6.45) is 4.75. The van der Waals surface area contributed by atoms with Crippen molar-refractivity contribution >= 4 is 11.6 Å². The molecule has 2 aromatic heterocycles. The van der Waals surface area contributed by atoms with E-state index in [2.05, 4.69) is 25.8 Å². The van der Waals surface area contributed by atoms with Crippen molar-refractivity contribution in [3.63, 3.8) is 0 Å². The maximum atomic E-state index is 5.33. The lowest BCUT2D eigenvalue weighted by atomic mass is 10.2. The number of aromatic nitrogens is 4. The lowest BCUT2D eigenvalue weighted by Crippen LogP contribution is -2.12. The van der Waals surface area contributed by atoms with Crippen LogP contribution in [0.2, 0.25) is 0 Å². The zero-order valence-electron chi connectivity index (χ0n) is 10.5. The summed E-state index contributed by atoms with van der Waals surface area (Å²) in [6, 6.07) is 1.77. The Morgan fingerprint density at radius 1 is 1.33 bits per heavy atom. The molecular formula is C11H17N7. The third-order valence-corrected chi connectivity index (χ3v) is 2.46. The molecule has 2 aromatic rings. The second-order valence-corrected chi connectivity index (χ2v) is 4.03. The van der Waals surface area contributed by atoms with Crippen molar-refractivity contribution in [1.29, 1.82) is 0 Å². The van der Waals surface area contributed by atoms with Crippen LogP contribution in [0.25, 0.3) is 0 Å². The first-order valence-corrected chi connectivity index (χ1v) is 5.71. The summed E-state index contributed by atoms with van der Waals surface area (Å²) >= 11 is 0. The molecule has 0 aromatic carbocycles. The van der Waals surface area contributed by atoms with E-state index in [1.807, 2.05) is 26.4 Å². The van der Waals surface area contributed by atoms with E-state index in [1.165, 1.54) is 5.56 Å². The summed E-state index contributed by atoms with van der Waals surface area (Å²) in [4.78, 5) is 8.40. The highest BCUT2D eigenvalue weighted by atomic mass is 15.3. The number of nitrogens with two attached hydrogens (primary N) is 1. The molecule has 0 atom stereocenters. The number of nitrogen functional groups attached to an aromatic ring is 1. The van der Waals surface area contributed by atoms with Crippen LogP contribution in [-0.2, 0) is 13.5 Å². The Morgan fingerprint density at radius 2 is 2.11 bits per heavy atom. The number of aryl methyl sites for hydroxylation is 2. The zero-order chi connectivity index (χ0) is 13.0. The van der Waals surface area contributed by atoms with E-state index in [1.54, 1.807) is 10.7 Å². The summed E-state index contributed by atoms with van der Waals surface area (Å²) in [5.41, 5.74) is 3.70. The van der Waals surface area contributed by atoms with E-state index >= 15 is 0 Å². The fourth-order valence-corrected chi connectivity index (χ4v) is 1.67. The first-order valence-electron chi connectivity index (χ1n) is 5.71. The summed E-state index contributed by atoms with van der Waals surface area (Å²) in [5.74, 6) is 7.37. The standard InChI is InChI=1S/C11H17N7/c1-8-15-10(5-11(16-8)17-12)13-4-3-9-6-14-18(2)7-9/h5-7H,3-4,12H2,1-2H3,(H2,13,15,16,17).